The molecule has 6 atom stereocenters. The van der Waals surface area contributed by atoms with Gasteiger partial charge in [-0.05, 0) is 66.4 Å². The van der Waals surface area contributed by atoms with Gasteiger partial charge in [-0.1, -0.05) is 87.0 Å². The molecule has 2 aliphatic heterocycles. The van der Waals surface area contributed by atoms with Crippen LogP contribution in [0.15, 0.2) is 72.8 Å². The van der Waals surface area contributed by atoms with Gasteiger partial charge in [0.1, 0.15) is 36.3 Å². The molecule has 0 aromatic heterocycles. The molecule has 2 heterocycles. The lowest BCUT2D eigenvalue weighted by atomic mass is 9.89. The number of hydrogen-bond donors (Lipinski definition) is 1. The monoisotopic (exact) mass is 610 g/mol. The highest BCUT2D eigenvalue weighted by atomic mass is 35.5. The Hall–Kier alpha value is -2.23. The molecule has 226 valence electrons. The molecule has 5 rings (SSSR count). The average Bonchev–Trinajstić information content (AvgIpc) is 2.96. The lowest BCUT2D eigenvalue weighted by molar-refractivity contribution is -0.327. The van der Waals surface area contributed by atoms with Crippen molar-refractivity contribution in [2.24, 2.45) is 0 Å². The van der Waals surface area contributed by atoms with E-state index in [9.17, 15) is 5.11 Å². The van der Waals surface area contributed by atoms with E-state index in [-0.39, 0.29) is 5.04 Å². The quantitative estimate of drug-likeness (QED) is 0.265. The maximum atomic E-state index is 11.9. The summed E-state index contributed by atoms with van der Waals surface area (Å²) in [5.41, 5.74) is 3.84. The molecular weight excluding hydrogens is 568 g/mol. The van der Waals surface area contributed by atoms with Crippen LogP contribution in [0.2, 0.25) is 23.2 Å². The number of rotatable bonds is 8. The van der Waals surface area contributed by atoms with E-state index in [1.807, 2.05) is 79.7 Å². The Morgan fingerprint density at radius 2 is 1.67 bits per heavy atom. The number of fused-ring (bicyclic) bond motifs is 1. The number of hydrogen-bond acceptors (Lipinski definition) is 6. The van der Waals surface area contributed by atoms with E-state index in [0.29, 0.717) is 24.7 Å². The van der Waals surface area contributed by atoms with Crippen molar-refractivity contribution in [3.8, 4) is 5.75 Å². The minimum Gasteiger partial charge on any atom is -0.494 e. The van der Waals surface area contributed by atoms with Gasteiger partial charge in [-0.15, -0.1) is 0 Å². The van der Waals surface area contributed by atoms with Crippen molar-refractivity contribution in [1.82, 2.24) is 0 Å². The first kappa shape index (κ1) is 31.2. The zero-order valence-corrected chi connectivity index (χ0v) is 27.1. The second kappa shape index (κ2) is 12.8. The Kier molecular flexibility index (Phi) is 9.50. The lowest BCUT2D eigenvalue weighted by Crippen LogP contribution is -2.63. The van der Waals surface area contributed by atoms with Crippen molar-refractivity contribution >= 4 is 19.9 Å². The van der Waals surface area contributed by atoms with Crippen LogP contribution in [0.3, 0.4) is 0 Å². The molecule has 6 unspecified atom stereocenters. The van der Waals surface area contributed by atoms with Gasteiger partial charge in [-0.2, -0.15) is 0 Å². The van der Waals surface area contributed by atoms with E-state index in [4.69, 9.17) is 35.0 Å². The zero-order chi connectivity index (χ0) is 30.1. The molecule has 3 aromatic carbocycles. The molecule has 2 aliphatic rings. The second-order valence-electron chi connectivity index (χ2n) is 12.7. The van der Waals surface area contributed by atoms with Gasteiger partial charge in [-0.3, -0.25) is 0 Å². The Morgan fingerprint density at radius 1 is 0.952 bits per heavy atom. The lowest BCUT2D eigenvalue weighted by Gasteiger charge is -2.51. The van der Waals surface area contributed by atoms with E-state index >= 15 is 0 Å². The minimum absolute atomic E-state index is 0.0504. The summed E-state index contributed by atoms with van der Waals surface area (Å²) in [6, 6.07) is 23.7. The highest BCUT2D eigenvalue weighted by molar-refractivity contribution is 6.74. The molecule has 6 nitrogen and oxygen atoms in total. The molecule has 0 bridgehead atoms. The van der Waals surface area contributed by atoms with Gasteiger partial charge >= 0.3 is 0 Å². The maximum Gasteiger partial charge on any atom is 0.192 e. The third-order valence-electron chi connectivity index (χ3n) is 8.69. The predicted octanol–water partition coefficient (Wildman–Crippen LogP) is 7.63. The Balaban J connectivity index is 1.43. The van der Waals surface area contributed by atoms with Gasteiger partial charge in [0.25, 0.3) is 0 Å². The van der Waals surface area contributed by atoms with Gasteiger partial charge in [0.05, 0.1) is 13.2 Å². The zero-order valence-electron chi connectivity index (χ0n) is 25.4. The van der Waals surface area contributed by atoms with Crippen molar-refractivity contribution < 1.29 is 28.5 Å². The van der Waals surface area contributed by atoms with E-state index in [1.165, 1.54) is 0 Å². The Labute approximate surface area is 256 Å². The van der Waals surface area contributed by atoms with Crippen LogP contribution in [0.25, 0.3) is 0 Å². The summed E-state index contributed by atoms with van der Waals surface area (Å²) in [5, 5.41) is 12.6. The van der Waals surface area contributed by atoms with Crippen LogP contribution in [0, 0.1) is 0 Å². The maximum absolute atomic E-state index is 11.9. The predicted molar refractivity (Wildman–Crippen MR) is 168 cm³/mol. The summed E-state index contributed by atoms with van der Waals surface area (Å²) in [7, 11) is -2.29. The van der Waals surface area contributed by atoms with Gasteiger partial charge in [0.15, 0.2) is 14.6 Å². The largest absolute Gasteiger partial charge is 0.494 e. The van der Waals surface area contributed by atoms with Crippen molar-refractivity contribution in [3.63, 3.8) is 0 Å². The number of halogens is 1. The molecule has 3 aromatic rings. The molecule has 0 aliphatic carbocycles. The van der Waals surface area contributed by atoms with Crippen LogP contribution >= 0.6 is 11.6 Å². The normalized spacial score (nSPS) is 26.5. The van der Waals surface area contributed by atoms with E-state index in [2.05, 4.69) is 33.9 Å². The Morgan fingerprint density at radius 3 is 2.33 bits per heavy atom. The highest BCUT2D eigenvalue weighted by Crippen LogP contribution is 2.45. The van der Waals surface area contributed by atoms with Crippen LogP contribution in [0.1, 0.15) is 62.3 Å². The molecule has 8 heteroatoms. The van der Waals surface area contributed by atoms with Crippen LogP contribution in [0.5, 0.6) is 5.75 Å². The van der Waals surface area contributed by atoms with Crippen molar-refractivity contribution in [1.29, 1.82) is 0 Å². The van der Waals surface area contributed by atoms with E-state index < -0.39 is 45.1 Å². The molecule has 0 saturated carbocycles. The first-order valence-electron chi connectivity index (χ1n) is 14.8. The number of aliphatic hydroxyl groups excluding tert-OH is 1. The van der Waals surface area contributed by atoms with Crippen LogP contribution in [0.4, 0.5) is 0 Å². The topological polar surface area (TPSA) is 66.4 Å². The van der Waals surface area contributed by atoms with E-state index in [0.717, 1.165) is 28.0 Å². The fourth-order valence-corrected chi connectivity index (χ4v) is 6.79. The third kappa shape index (κ3) is 6.78. The standard InChI is InChI=1S/C34H43ClO6Si/c1-7-37-26-16-13-22(14-17-26)19-25-20-24(15-18-27(25)35)30-29(36)32(41-42(5,6)34(2,3)4)31-28(39-30)21-38-33(40-31)23-11-9-8-10-12-23/h8-18,20,28-33,36H,7,19,21H2,1-6H3. The fraction of sp³-hybridized carbons (Fsp3) is 0.471. The van der Waals surface area contributed by atoms with E-state index in [1.54, 1.807) is 0 Å². The van der Waals surface area contributed by atoms with Crippen molar-refractivity contribution in [2.75, 3.05) is 13.2 Å². The summed E-state index contributed by atoms with van der Waals surface area (Å²) >= 11 is 6.67. The van der Waals surface area contributed by atoms with Gasteiger partial charge in [0.2, 0.25) is 0 Å². The Bertz CT molecular complexity index is 1330. The summed E-state index contributed by atoms with van der Waals surface area (Å²) in [6.07, 6.45) is -2.97. The minimum atomic E-state index is -2.29. The highest BCUT2D eigenvalue weighted by Gasteiger charge is 2.53. The molecule has 0 radical (unpaired) electrons. The molecule has 2 saturated heterocycles. The fourth-order valence-electron chi connectivity index (χ4n) is 5.30. The molecule has 1 N–H and O–H groups in total. The molecule has 2 fully saturated rings. The SMILES string of the molecule is CCOc1ccc(Cc2cc(C3OC4COC(c5ccccc5)OC4C(O[Si](C)(C)C(C)(C)C)C3O)ccc2Cl)cc1. The summed E-state index contributed by atoms with van der Waals surface area (Å²) in [6.45, 7) is 13.9. The smallest absolute Gasteiger partial charge is 0.192 e. The summed E-state index contributed by atoms with van der Waals surface area (Å²) in [4.78, 5) is 0. The van der Waals surface area contributed by atoms with Crippen molar-refractivity contribution in [3.05, 3.63) is 100 Å². The number of aliphatic hydroxyl groups is 1. The van der Waals surface area contributed by atoms with Crippen molar-refractivity contribution in [2.45, 2.75) is 89.1 Å². The number of ether oxygens (including phenoxy) is 4. The molecular formula is C34H43ClO6Si. The molecule has 42 heavy (non-hydrogen) atoms. The second-order valence-corrected chi connectivity index (χ2v) is 17.9. The van der Waals surface area contributed by atoms with Crippen LogP contribution in [-0.2, 0) is 25.1 Å². The summed E-state index contributed by atoms with van der Waals surface area (Å²) in [5.74, 6) is 0.841. The molecule has 0 amide bonds. The van der Waals surface area contributed by atoms with Gasteiger partial charge in [0, 0.05) is 10.6 Å². The third-order valence-corrected chi connectivity index (χ3v) is 13.5. The van der Waals surface area contributed by atoms with Crippen LogP contribution < -0.4 is 4.74 Å². The molecule has 0 spiro atoms. The first-order valence-corrected chi connectivity index (χ1v) is 18.1. The average molecular weight is 611 g/mol. The summed E-state index contributed by atoms with van der Waals surface area (Å²) < 4.78 is 31.7. The van der Waals surface area contributed by atoms with Gasteiger partial charge < -0.3 is 28.5 Å². The first-order chi connectivity index (χ1) is 20.0. The number of benzene rings is 3. The van der Waals surface area contributed by atoms with Crippen LogP contribution in [-0.4, -0.2) is 51.1 Å². The van der Waals surface area contributed by atoms with Gasteiger partial charge in [-0.25, -0.2) is 0 Å².